The summed E-state index contributed by atoms with van der Waals surface area (Å²) in [6.07, 6.45) is 1.06. The molecule has 0 bridgehead atoms. The molecule has 5 aromatic carbocycles. The predicted octanol–water partition coefficient (Wildman–Crippen LogP) is 7.95. The summed E-state index contributed by atoms with van der Waals surface area (Å²) in [6, 6.07) is 42.2. The highest BCUT2D eigenvalue weighted by atomic mass is 35.5. The van der Waals surface area contributed by atoms with Crippen molar-refractivity contribution in [3.8, 4) is 0 Å². The highest BCUT2D eigenvalue weighted by molar-refractivity contribution is 7.88. The molecule has 0 aliphatic carbocycles. The lowest BCUT2D eigenvalue weighted by Gasteiger charge is -2.25. The molecule has 0 amide bonds. The summed E-state index contributed by atoms with van der Waals surface area (Å²) in [4.78, 5) is 11.3. The molecule has 0 aliphatic rings. The molecule has 0 radical (unpaired) electrons. The van der Waals surface area contributed by atoms with E-state index in [1.165, 1.54) is 0 Å². The normalized spacial score (nSPS) is 11.6. The van der Waals surface area contributed by atoms with Crippen LogP contribution in [0.4, 0.5) is 5.69 Å². The van der Waals surface area contributed by atoms with Gasteiger partial charge in [0.2, 0.25) is 10.0 Å². The zero-order valence-corrected chi connectivity index (χ0v) is 27.8. The van der Waals surface area contributed by atoms with Gasteiger partial charge < -0.3 is 15.0 Å². The number of aromatic carboxylic acids is 1. The minimum Gasteiger partial charge on any atom is -0.478 e. The summed E-state index contributed by atoms with van der Waals surface area (Å²) < 4.78 is 31.5. The van der Waals surface area contributed by atoms with Crippen LogP contribution in [0.2, 0.25) is 5.02 Å². The van der Waals surface area contributed by atoms with Gasteiger partial charge in [0, 0.05) is 46.8 Å². The van der Waals surface area contributed by atoms with Crippen molar-refractivity contribution in [1.82, 2.24) is 9.29 Å². The van der Waals surface area contributed by atoms with Crippen molar-refractivity contribution in [1.29, 1.82) is 0 Å². The number of hydrogen-bond acceptors (Lipinski definition) is 4. The molecule has 6 aromatic rings. The van der Waals surface area contributed by atoms with Gasteiger partial charge in [0.15, 0.2) is 0 Å². The Bertz CT molecular complexity index is 2060. The SMILES string of the molecule is O=C(O)c1ccc(NCCc2c(CCNS(=O)(=O)Cc3ccccc3)n(C(c3ccccc3)c3ccccc3)c3ccc(Cl)cc23)cc1. The fourth-order valence-corrected chi connectivity index (χ4v) is 7.56. The van der Waals surface area contributed by atoms with E-state index < -0.39 is 16.0 Å². The monoisotopic (exact) mass is 677 g/mol. The first-order valence-corrected chi connectivity index (χ1v) is 17.8. The molecule has 0 aliphatic heterocycles. The number of hydrogen-bond donors (Lipinski definition) is 3. The Balaban J connectivity index is 1.40. The average Bonchev–Trinajstić information content (AvgIpc) is 3.37. The van der Waals surface area contributed by atoms with Gasteiger partial charge in [-0.15, -0.1) is 0 Å². The van der Waals surface area contributed by atoms with E-state index in [0.29, 0.717) is 24.4 Å². The molecule has 7 nitrogen and oxygen atoms in total. The lowest BCUT2D eigenvalue weighted by molar-refractivity contribution is 0.0697. The van der Waals surface area contributed by atoms with Crippen molar-refractivity contribution in [3.63, 3.8) is 0 Å². The smallest absolute Gasteiger partial charge is 0.335 e. The van der Waals surface area contributed by atoms with Gasteiger partial charge in [0.1, 0.15) is 0 Å². The van der Waals surface area contributed by atoms with Crippen molar-refractivity contribution in [2.45, 2.75) is 24.6 Å². The first kappa shape index (κ1) is 33.0. The van der Waals surface area contributed by atoms with Gasteiger partial charge in [-0.1, -0.05) is 103 Å². The van der Waals surface area contributed by atoms with Crippen molar-refractivity contribution in [3.05, 3.63) is 172 Å². The molecule has 0 fully saturated rings. The summed E-state index contributed by atoms with van der Waals surface area (Å²) in [5, 5.41) is 14.3. The number of fused-ring (bicyclic) bond motifs is 1. The predicted molar refractivity (Wildman–Crippen MR) is 193 cm³/mol. The van der Waals surface area contributed by atoms with Crippen molar-refractivity contribution in [2.24, 2.45) is 0 Å². The van der Waals surface area contributed by atoms with Gasteiger partial charge in [-0.25, -0.2) is 17.9 Å². The maximum atomic E-state index is 13.2. The van der Waals surface area contributed by atoms with Crippen LogP contribution < -0.4 is 10.0 Å². The molecule has 9 heteroatoms. The molecule has 1 heterocycles. The summed E-state index contributed by atoms with van der Waals surface area (Å²) in [7, 11) is -3.59. The fourth-order valence-electron chi connectivity index (χ4n) is 6.24. The van der Waals surface area contributed by atoms with E-state index in [1.807, 2.05) is 84.9 Å². The van der Waals surface area contributed by atoms with E-state index in [9.17, 15) is 18.3 Å². The number of carboxylic acids is 1. The van der Waals surface area contributed by atoms with Crippen LogP contribution in [-0.4, -0.2) is 37.2 Å². The molecule has 244 valence electrons. The van der Waals surface area contributed by atoms with Gasteiger partial charge in [0.05, 0.1) is 17.4 Å². The second-order valence-corrected chi connectivity index (χ2v) is 13.9. The third-order valence-corrected chi connectivity index (χ3v) is 9.98. The second-order valence-electron chi connectivity index (χ2n) is 11.6. The maximum Gasteiger partial charge on any atom is 0.335 e. The topological polar surface area (TPSA) is 100 Å². The number of aromatic nitrogens is 1. The molecule has 1 aromatic heterocycles. The van der Waals surface area contributed by atoms with Crippen LogP contribution in [0.3, 0.4) is 0 Å². The molecule has 0 spiro atoms. The van der Waals surface area contributed by atoms with Gasteiger partial charge in [0.25, 0.3) is 0 Å². The number of nitrogens with one attached hydrogen (secondary N) is 2. The third-order valence-electron chi connectivity index (χ3n) is 8.39. The van der Waals surface area contributed by atoms with Gasteiger partial charge in [-0.2, -0.15) is 0 Å². The van der Waals surface area contributed by atoms with E-state index in [1.54, 1.807) is 24.3 Å². The Labute approximate surface area is 285 Å². The Morgan fingerprint density at radius 2 is 1.35 bits per heavy atom. The van der Waals surface area contributed by atoms with Gasteiger partial charge in [-0.3, -0.25) is 0 Å². The van der Waals surface area contributed by atoms with Crippen LogP contribution in [0.15, 0.2) is 133 Å². The van der Waals surface area contributed by atoms with Crippen LogP contribution in [0.5, 0.6) is 0 Å². The maximum absolute atomic E-state index is 13.2. The molecule has 0 saturated heterocycles. The molecule has 0 saturated carbocycles. The number of rotatable bonds is 14. The molecular formula is C39H36ClN3O4S. The largest absolute Gasteiger partial charge is 0.478 e. The van der Waals surface area contributed by atoms with E-state index in [-0.39, 0.29) is 23.9 Å². The third kappa shape index (κ3) is 7.80. The second kappa shape index (κ2) is 14.9. The van der Waals surface area contributed by atoms with Crippen LogP contribution in [0, 0.1) is 0 Å². The van der Waals surface area contributed by atoms with Crippen LogP contribution in [-0.2, 0) is 28.6 Å². The Kier molecular flexibility index (Phi) is 10.3. The first-order chi connectivity index (χ1) is 23.3. The molecular weight excluding hydrogens is 642 g/mol. The van der Waals surface area contributed by atoms with E-state index in [0.717, 1.165) is 44.5 Å². The number of halogens is 1. The highest BCUT2D eigenvalue weighted by Crippen LogP contribution is 2.37. The Hall–Kier alpha value is -4.89. The lowest BCUT2D eigenvalue weighted by Crippen LogP contribution is -2.28. The van der Waals surface area contributed by atoms with Crippen LogP contribution >= 0.6 is 11.6 Å². The number of benzene rings is 5. The lowest BCUT2D eigenvalue weighted by atomic mass is 9.97. The van der Waals surface area contributed by atoms with E-state index >= 15 is 0 Å². The highest BCUT2D eigenvalue weighted by Gasteiger charge is 2.26. The molecule has 48 heavy (non-hydrogen) atoms. The standard InChI is InChI=1S/C39H36ClN3O4S/c40-32-18-21-36-35(26-32)34(22-24-41-33-19-16-31(17-20-33)39(44)45)37(23-25-42-48(46,47)27-28-10-4-1-5-11-28)43(36)38(29-12-6-2-7-13-29)30-14-8-3-9-15-30/h1-21,26,38,41-42H,22-25,27H2,(H,44,45). The minimum atomic E-state index is -3.59. The molecule has 0 unspecified atom stereocenters. The number of carboxylic acid groups (broad SMARTS) is 1. The minimum absolute atomic E-state index is 0.0967. The summed E-state index contributed by atoms with van der Waals surface area (Å²) in [5.41, 5.74) is 7.04. The van der Waals surface area contributed by atoms with Crippen molar-refractivity contribution < 1.29 is 18.3 Å². The Morgan fingerprint density at radius 3 is 1.96 bits per heavy atom. The van der Waals surface area contributed by atoms with Gasteiger partial charge >= 0.3 is 5.97 Å². The Morgan fingerprint density at radius 1 is 0.750 bits per heavy atom. The van der Waals surface area contributed by atoms with Crippen molar-refractivity contribution >= 4 is 44.2 Å². The molecule has 6 rings (SSSR count). The van der Waals surface area contributed by atoms with E-state index in [2.05, 4.69) is 38.9 Å². The number of anilines is 1. The van der Waals surface area contributed by atoms with Crippen molar-refractivity contribution in [2.75, 3.05) is 18.4 Å². The van der Waals surface area contributed by atoms with E-state index in [4.69, 9.17) is 11.6 Å². The average molecular weight is 678 g/mol. The van der Waals surface area contributed by atoms with Gasteiger partial charge in [-0.05, 0) is 71.1 Å². The van der Waals surface area contributed by atoms with Crippen LogP contribution in [0.25, 0.3) is 10.9 Å². The quantitative estimate of drug-likeness (QED) is 0.109. The molecule has 0 atom stereocenters. The summed E-state index contributed by atoms with van der Waals surface area (Å²) in [5.74, 6) is -1.07. The first-order valence-electron chi connectivity index (χ1n) is 15.8. The summed E-state index contributed by atoms with van der Waals surface area (Å²) in [6.45, 7) is 0.777. The molecule has 3 N–H and O–H groups in total. The zero-order chi connectivity index (χ0) is 33.5. The zero-order valence-electron chi connectivity index (χ0n) is 26.2. The number of carbonyl (C=O) groups is 1. The number of sulfonamides is 1. The fraction of sp³-hybridized carbons (Fsp3) is 0.154. The summed E-state index contributed by atoms with van der Waals surface area (Å²) >= 11 is 6.61. The van der Waals surface area contributed by atoms with Crippen LogP contribution in [0.1, 0.15) is 44.3 Å². The number of nitrogens with zero attached hydrogens (tertiary/aromatic N) is 1.